The molecule has 0 unspecified atom stereocenters. The number of nitrogens with zero attached hydrogens (tertiary/aromatic N) is 1. The van der Waals surface area contributed by atoms with E-state index in [1.807, 2.05) is 6.92 Å². The quantitative estimate of drug-likeness (QED) is 0.852. The van der Waals surface area contributed by atoms with Gasteiger partial charge < -0.3 is 5.32 Å². The van der Waals surface area contributed by atoms with Crippen molar-refractivity contribution in [2.75, 3.05) is 26.2 Å². The van der Waals surface area contributed by atoms with Gasteiger partial charge in [0.25, 0.3) is 0 Å². The van der Waals surface area contributed by atoms with E-state index in [0.29, 0.717) is 17.5 Å². The molecule has 1 saturated heterocycles. The summed E-state index contributed by atoms with van der Waals surface area (Å²) >= 11 is 0. The molecular weight excluding hydrogens is 258 g/mol. The predicted molar refractivity (Wildman–Crippen MR) is 77.7 cm³/mol. The summed E-state index contributed by atoms with van der Waals surface area (Å²) in [4.78, 5) is 2.21. The van der Waals surface area contributed by atoms with Gasteiger partial charge in [0.2, 0.25) is 0 Å². The Morgan fingerprint density at radius 3 is 2.55 bits per heavy atom. The summed E-state index contributed by atoms with van der Waals surface area (Å²) in [5.41, 5.74) is 1.77. The fourth-order valence-electron chi connectivity index (χ4n) is 2.68. The van der Waals surface area contributed by atoms with E-state index >= 15 is 0 Å². The van der Waals surface area contributed by atoms with Crippen molar-refractivity contribution in [3.8, 4) is 0 Å². The van der Waals surface area contributed by atoms with Crippen LogP contribution in [0.4, 0.5) is 8.78 Å². The summed E-state index contributed by atoms with van der Waals surface area (Å²) in [6, 6.07) is 3.23. The molecule has 1 aromatic rings. The third kappa shape index (κ3) is 3.25. The van der Waals surface area contributed by atoms with Gasteiger partial charge in [0.05, 0.1) is 0 Å². The fourth-order valence-corrected chi connectivity index (χ4v) is 2.68. The zero-order valence-electron chi connectivity index (χ0n) is 12.2. The Kier molecular flexibility index (Phi) is 4.89. The van der Waals surface area contributed by atoms with Crippen molar-refractivity contribution < 1.29 is 8.78 Å². The summed E-state index contributed by atoms with van der Waals surface area (Å²) in [5.74, 6) is -1.45. The smallest absolute Gasteiger partial charge is 0.163 e. The molecule has 1 aliphatic rings. The second-order valence-corrected chi connectivity index (χ2v) is 5.56. The van der Waals surface area contributed by atoms with Crippen molar-refractivity contribution in [2.24, 2.45) is 0 Å². The van der Waals surface area contributed by atoms with Gasteiger partial charge in [-0.15, -0.1) is 6.58 Å². The third-order valence-electron chi connectivity index (χ3n) is 3.80. The van der Waals surface area contributed by atoms with Gasteiger partial charge in [0, 0.05) is 37.8 Å². The second-order valence-electron chi connectivity index (χ2n) is 5.56. The van der Waals surface area contributed by atoms with Gasteiger partial charge in [-0.05, 0) is 25.8 Å². The zero-order chi connectivity index (χ0) is 14.7. The third-order valence-corrected chi connectivity index (χ3v) is 3.80. The number of halogens is 2. The van der Waals surface area contributed by atoms with Crippen LogP contribution in [-0.2, 0) is 0 Å². The molecule has 2 nitrogen and oxygen atoms in total. The molecule has 0 saturated carbocycles. The van der Waals surface area contributed by atoms with E-state index in [1.54, 1.807) is 19.1 Å². The van der Waals surface area contributed by atoms with Gasteiger partial charge in [-0.3, -0.25) is 4.90 Å². The van der Waals surface area contributed by atoms with Crippen LogP contribution in [0, 0.1) is 18.6 Å². The lowest BCUT2D eigenvalue weighted by atomic mass is 9.96. The Morgan fingerprint density at radius 2 is 1.95 bits per heavy atom. The molecular formula is C16H22F2N2. The van der Waals surface area contributed by atoms with Crippen LogP contribution in [0.5, 0.6) is 0 Å². The van der Waals surface area contributed by atoms with Crippen LogP contribution < -0.4 is 5.32 Å². The number of rotatable bonds is 4. The first-order valence-electron chi connectivity index (χ1n) is 7.04. The van der Waals surface area contributed by atoms with Gasteiger partial charge in [-0.2, -0.15) is 0 Å². The lowest BCUT2D eigenvalue weighted by Gasteiger charge is -2.35. The van der Waals surface area contributed by atoms with Crippen LogP contribution in [0.3, 0.4) is 0 Å². The number of hydrogen-bond acceptors (Lipinski definition) is 2. The molecule has 0 aliphatic carbocycles. The first-order chi connectivity index (χ1) is 9.50. The maximum absolute atomic E-state index is 14.3. The largest absolute Gasteiger partial charge is 0.314 e. The number of piperazine rings is 1. The molecule has 0 amide bonds. The molecule has 1 heterocycles. The van der Waals surface area contributed by atoms with Crippen LogP contribution in [0.25, 0.3) is 0 Å². The zero-order valence-corrected chi connectivity index (χ0v) is 12.2. The minimum atomic E-state index is -0.732. The summed E-state index contributed by atoms with van der Waals surface area (Å²) in [6.45, 7) is 10.9. The summed E-state index contributed by atoms with van der Waals surface area (Å²) in [6.07, 6.45) is 0.652. The van der Waals surface area contributed by atoms with Gasteiger partial charge in [-0.1, -0.05) is 17.7 Å². The normalized spacial score (nSPS) is 18.0. The highest BCUT2D eigenvalue weighted by Crippen LogP contribution is 2.31. The molecule has 0 radical (unpaired) electrons. The molecule has 0 spiro atoms. The lowest BCUT2D eigenvalue weighted by molar-refractivity contribution is 0.168. The van der Waals surface area contributed by atoms with E-state index in [2.05, 4.69) is 16.8 Å². The SMILES string of the molecule is C=C(C)C[C@H](c1ccc(C)c(F)c1F)N1CCNCC1. The van der Waals surface area contributed by atoms with E-state index < -0.39 is 11.6 Å². The van der Waals surface area contributed by atoms with Crippen LogP contribution in [-0.4, -0.2) is 31.1 Å². The second kappa shape index (κ2) is 6.46. The number of nitrogens with one attached hydrogen (secondary N) is 1. The molecule has 110 valence electrons. The van der Waals surface area contributed by atoms with Crippen molar-refractivity contribution in [2.45, 2.75) is 26.3 Å². The van der Waals surface area contributed by atoms with Crippen molar-refractivity contribution in [3.05, 3.63) is 47.0 Å². The molecule has 1 fully saturated rings. The maximum Gasteiger partial charge on any atom is 0.163 e. The van der Waals surface area contributed by atoms with Gasteiger partial charge in [0.1, 0.15) is 0 Å². The van der Waals surface area contributed by atoms with Crippen LogP contribution in [0.1, 0.15) is 30.5 Å². The predicted octanol–water partition coefficient (Wildman–Crippen LogP) is 3.19. The number of hydrogen-bond donors (Lipinski definition) is 1. The van der Waals surface area contributed by atoms with Gasteiger partial charge in [0.15, 0.2) is 11.6 Å². The minimum Gasteiger partial charge on any atom is -0.314 e. The fraction of sp³-hybridized carbons (Fsp3) is 0.500. The van der Waals surface area contributed by atoms with Crippen LogP contribution in [0.15, 0.2) is 24.3 Å². The Balaban J connectivity index is 2.35. The average Bonchev–Trinajstić information content (AvgIpc) is 2.44. The highest BCUT2D eigenvalue weighted by atomic mass is 19.2. The average molecular weight is 280 g/mol. The molecule has 0 bridgehead atoms. The summed E-state index contributed by atoms with van der Waals surface area (Å²) < 4.78 is 28.1. The molecule has 1 aromatic carbocycles. The first kappa shape index (κ1) is 15.1. The van der Waals surface area contributed by atoms with Crippen LogP contribution >= 0.6 is 0 Å². The molecule has 2 rings (SSSR count). The standard InChI is InChI=1S/C16H22F2N2/c1-11(2)10-14(20-8-6-19-7-9-20)13-5-4-12(3)15(17)16(13)18/h4-5,14,19H,1,6-10H2,2-3H3/t14-/m1/s1. The first-order valence-corrected chi connectivity index (χ1v) is 7.04. The van der Waals surface area contributed by atoms with E-state index in [9.17, 15) is 8.78 Å². The van der Waals surface area contributed by atoms with Gasteiger partial charge >= 0.3 is 0 Å². The van der Waals surface area contributed by atoms with E-state index in [4.69, 9.17) is 0 Å². The molecule has 1 N–H and O–H groups in total. The highest BCUT2D eigenvalue weighted by Gasteiger charge is 2.26. The number of benzene rings is 1. The Bertz CT molecular complexity index is 493. The summed E-state index contributed by atoms with van der Waals surface area (Å²) in [7, 11) is 0. The van der Waals surface area contributed by atoms with Crippen molar-refractivity contribution in [3.63, 3.8) is 0 Å². The minimum absolute atomic E-state index is 0.135. The molecule has 1 aliphatic heterocycles. The van der Waals surface area contributed by atoms with Crippen LogP contribution in [0.2, 0.25) is 0 Å². The summed E-state index contributed by atoms with van der Waals surface area (Å²) in [5, 5.41) is 3.28. The molecule has 4 heteroatoms. The lowest BCUT2D eigenvalue weighted by Crippen LogP contribution is -2.45. The highest BCUT2D eigenvalue weighted by molar-refractivity contribution is 5.29. The van der Waals surface area contributed by atoms with Crippen molar-refractivity contribution >= 4 is 0 Å². The van der Waals surface area contributed by atoms with E-state index in [-0.39, 0.29) is 6.04 Å². The maximum atomic E-state index is 14.3. The van der Waals surface area contributed by atoms with E-state index in [0.717, 1.165) is 31.8 Å². The Hall–Kier alpha value is -1.26. The van der Waals surface area contributed by atoms with Crippen molar-refractivity contribution in [1.29, 1.82) is 0 Å². The van der Waals surface area contributed by atoms with Gasteiger partial charge in [-0.25, -0.2) is 8.78 Å². The molecule has 1 atom stereocenters. The molecule has 20 heavy (non-hydrogen) atoms. The van der Waals surface area contributed by atoms with E-state index in [1.165, 1.54) is 0 Å². The Labute approximate surface area is 119 Å². The Morgan fingerprint density at radius 1 is 1.30 bits per heavy atom. The van der Waals surface area contributed by atoms with Crippen molar-refractivity contribution in [1.82, 2.24) is 10.2 Å². The number of aryl methyl sites for hydroxylation is 1. The molecule has 0 aromatic heterocycles. The monoisotopic (exact) mass is 280 g/mol. The topological polar surface area (TPSA) is 15.3 Å².